The van der Waals surface area contributed by atoms with E-state index < -0.39 is 0 Å². The predicted octanol–water partition coefficient (Wildman–Crippen LogP) is 3.65. The summed E-state index contributed by atoms with van der Waals surface area (Å²) in [7, 11) is 1.72. The van der Waals surface area contributed by atoms with Gasteiger partial charge in [0.05, 0.1) is 18.0 Å². The maximum Gasteiger partial charge on any atom is 0.246 e. The zero-order valence-corrected chi connectivity index (χ0v) is 14.0. The topological polar surface area (TPSA) is 59.2 Å². The molecule has 3 aromatic rings. The van der Waals surface area contributed by atoms with E-state index in [0.717, 1.165) is 4.88 Å². The van der Waals surface area contributed by atoms with Crippen LogP contribution in [0.15, 0.2) is 46.3 Å². The number of rotatable bonds is 5. The summed E-state index contributed by atoms with van der Waals surface area (Å²) in [5.41, 5.74) is 0.705. The van der Waals surface area contributed by atoms with Gasteiger partial charge < -0.3 is 9.42 Å². The first-order valence-corrected chi connectivity index (χ1v) is 8.23. The molecule has 0 atom stereocenters. The Bertz CT molecular complexity index is 801. The van der Waals surface area contributed by atoms with E-state index in [1.165, 1.54) is 0 Å². The van der Waals surface area contributed by atoms with E-state index in [2.05, 4.69) is 10.1 Å². The normalized spacial score (nSPS) is 10.7. The summed E-state index contributed by atoms with van der Waals surface area (Å²) in [5, 5.41) is 6.44. The first kappa shape index (κ1) is 15.7. The van der Waals surface area contributed by atoms with Gasteiger partial charge in [0, 0.05) is 17.5 Å². The van der Waals surface area contributed by atoms with Crippen LogP contribution in [0.1, 0.15) is 10.8 Å². The van der Waals surface area contributed by atoms with Crippen molar-refractivity contribution in [1.82, 2.24) is 15.0 Å². The Hall–Kier alpha value is -2.18. The minimum absolute atomic E-state index is 0.00458. The molecule has 1 aromatic carbocycles. The third kappa shape index (κ3) is 3.78. The SMILES string of the molecule is CN(Cc1nc(-c2ccccc2Cl)no1)C(=O)Cc1cccs1. The van der Waals surface area contributed by atoms with Crippen molar-refractivity contribution < 1.29 is 9.32 Å². The number of halogens is 1. The van der Waals surface area contributed by atoms with Crippen LogP contribution < -0.4 is 0 Å². The van der Waals surface area contributed by atoms with E-state index in [9.17, 15) is 4.79 Å². The first-order chi connectivity index (χ1) is 11.1. The number of hydrogen-bond donors (Lipinski definition) is 0. The fourth-order valence-corrected chi connectivity index (χ4v) is 2.98. The van der Waals surface area contributed by atoms with Crippen LogP contribution in [0, 0.1) is 0 Å². The van der Waals surface area contributed by atoms with Crippen LogP contribution in [-0.4, -0.2) is 28.0 Å². The largest absolute Gasteiger partial charge is 0.337 e. The molecule has 23 heavy (non-hydrogen) atoms. The second-order valence-electron chi connectivity index (χ2n) is 5.00. The van der Waals surface area contributed by atoms with Gasteiger partial charge >= 0.3 is 0 Å². The van der Waals surface area contributed by atoms with Crippen LogP contribution in [0.4, 0.5) is 0 Å². The number of thiophene rings is 1. The number of nitrogens with zero attached hydrogens (tertiary/aromatic N) is 3. The average Bonchev–Trinajstić information content (AvgIpc) is 3.19. The molecule has 0 radical (unpaired) electrons. The molecule has 0 fully saturated rings. The summed E-state index contributed by atoms with van der Waals surface area (Å²) < 4.78 is 5.22. The van der Waals surface area contributed by atoms with Crippen LogP contribution >= 0.6 is 22.9 Å². The molecular weight excluding hydrogens is 334 g/mol. The van der Waals surface area contributed by atoms with Crippen LogP contribution in [0.3, 0.4) is 0 Å². The second kappa shape index (κ2) is 6.93. The molecule has 0 saturated carbocycles. The molecule has 0 aliphatic rings. The van der Waals surface area contributed by atoms with Crippen LogP contribution in [-0.2, 0) is 17.8 Å². The Kier molecular flexibility index (Phi) is 4.73. The molecule has 0 saturated heterocycles. The lowest BCUT2D eigenvalue weighted by molar-refractivity contribution is -0.129. The smallest absolute Gasteiger partial charge is 0.246 e. The van der Waals surface area contributed by atoms with Gasteiger partial charge in [-0.3, -0.25) is 4.79 Å². The Morgan fingerprint density at radius 3 is 2.87 bits per heavy atom. The second-order valence-corrected chi connectivity index (χ2v) is 6.44. The maximum absolute atomic E-state index is 12.2. The number of likely N-dealkylation sites (N-methyl/N-ethyl adjacent to an activating group) is 1. The molecule has 5 nitrogen and oxygen atoms in total. The highest BCUT2D eigenvalue weighted by Crippen LogP contribution is 2.25. The van der Waals surface area contributed by atoms with Crippen LogP contribution in [0.2, 0.25) is 5.02 Å². The van der Waals surface area contributed by atoms with Gasteiger partial charge in [-0.2, -0.15) is 4.98 Å². The molecule has 0 aliphatic heterocycles. The molecule has 7 heteroatoms. The quantitative estimate of drug-likeness (QED) is 0.706. The molecule has 0 N–H and O–H groups in total. The van der Waals surface area contributed by atoms with Crippen molar-refractivity contribution in [3.05, 3.63) is 57.6 Å². The summed E-state index contributed by atoms with van der Waals surface area (Å²) in [6, 6.07) is 11.2. The van der Waals surface area contributed by atoms with Crippen LogP contribution in [0.25, 0.3) is 11.4 Å². The van der Waals surface area contributed by atoms with Crippen molar-refractivity contribution in [2.75, 3.05) is 7.05 Å². The lowest BCUT2D eigenvalue weighted by Gasteiger charge is -2.13. The minimum Gasteiger partial charge on any atom is -0.337 e. The van der Waals surface area contributed by atoms with E-state index in [-0.39, 0.29) is 12.5 Å². The number of carbonyl (C=O) groups excluding carboxylic acids is 1. The lowest BCUT2D eigenvalue weighted by Crippen LogP contribution is -2.27. The monoisotopic (exact) mass is 347 g/mol. The van der Waals surface area contributed by atoms with Crippen molar-refractivity contribution in [1.29, 1.82) is 0 Å². The third-order valence-corrected chi connectivity index (χ3v) is 4.49. The Morgan fingerprint density at radius 2 is 2.13 bits per heavy atom. The molecule has 118 valence electrons. The highest BCUT2D eigenvalue weighted by atomic mass is 35.5. The Balaban J connectivity index is 1.67. The molecule has 2 aromatic heterocycles. The van der Waals surface area contributed by atoms with Gasteiger partial charge in [0.2, 0.25) is 17.6 Å². The zero-order valence-electron chi connectivity index (χ0n) is 12.4. The Morgan fingerprint density at radius 1 is 1.30 bits per heavy atom. The summed E-state index contributed by atoms with van der Waals surface area (Å²) >= 11 is 7.68. The number of benzene rings is 1. The van der Waals surface area contributed by atoms with Gasteiger partial charge in [0.1, 0.15) is 0 Å². The van der Waals surface area contributed by atoms with Crippen molar-refractivity contribution in [2.45, 2.75) is 13.0 Å². The first-order valence-electron chi connectivity index (χ1n) is 6.97. The van der Waals surface area contributed by atoms with E-state index in [1.54, 1.807) is 29.4 Å². The van der Waals surface area contributed by atoms with Crippen LogP contribution in [0.5, 0.6) is 0 Å². The van der Waals surface area contributed by atoms with Crippen molar-refractivity contribution >= 4 is 28.8 Å². The van der Waals surface area contributed by atoms with Gasteiger partial charge in [0.15, 0.2) is 0 Å². The molecule has 0 spiro atoms. The zero-order chi connectivity index (χ0) is 16.2. The molecule has 1 amide bonds. The number of amides is 1. The summed E-state index contributed by atoms with van der Waals surface area (Å²) in [6.45, 7) is 0.266. The number of carbonyl (C=O) groups is 1. The average molecular weight is 348 g/mol. The fraction of sp³-hybridized carbons (Fsp3) is 0.188. The molecule has 0 unspecified atom stereocenters. The van der Waals surface area contributed by atoms with E-state index in [4.69, 9.17) is 16.1 Å². The van der Waals surface area contributed by atoms with Gasteiger partial charge in [0.25, 0.3) is 0 Å². The van der Waals surface area contributed by atoms with Crippen molar-refractivity contribution in [2.24, 2.45) is 0 Å². The summed E-state index contributed by atoms with van der Waals surface area (Å²) in [4.78, 5) is 19.1. The highest BCUT2D eigenvalue weighted by molar-refractivity contribution is 7.10. The molecule has 0 bridgehead atoms. The molecule has 0 aliphatic carbocycles. The van der Waals surface area contributed by atoms with Crippen molar-refractivity contribution in [3.8, 4) is 11.4 Å². The fourth-order valence-electron chi connectivity index (χ4n) is 2.06. The summed E-state index contributed by atoms with van der Waals surface area (Å²) in [5.74, 6) is 0.802. The molecular formula is C16H14ClN3O2S. The van der Waals surface area contributed by atoms with E-state index >= 15 is 0 Å². The standard InChI is InChI=1S/C16H14ClN3O2S/c1-20(15(21)9-11-5-4-8-23-11)10-14-18-16(19-22-14)12-6-2-3-7-13(12)17/h2-8H,9-10H2,1H3. The van der Waals surface area contributed by atoms with Gasteiger partial charge in [-0.1, -0.05) is 35.0 Å². The number of aromatic nitrogens is 2. The van der Waals surface area contributed by atoms with Gasteiger partial charge in [-0.05, 0) is 23.6 Å². The minimum atomic E-state index is 0.00458. The van der Waals surface area contributed by atoms with Crippen molar-refractivity contribution in [3.63, 3.8) is 0 Å². The maximum atomic E-state index is 12.2. The van der Waals surface area contributed by atoms with Gasteiger partial charge in [-0.15, -0.1) is 11.3 Å². The number of hydrogen-bond acceptors (Lipinski definition) is 5. The lowest BCUT2D eigenvalue weighted by atomic mass is 10.2. The Labute approximate surface area is 142 Å². The third-order valence-electron chi connectivity index (χ3n) is 3.29. The molecule has 2 heterocycles. The molecule has 3 rings (SSSR count). The highest BCUT2D eigenvalue weighted by Gasteiger charge is 2.16. The van der Waals surface area contributed by atoms with E-state index in [0.29, 0.717) is 28.7 Å². The van der Waals surface area contributed by atoms with E-state index in [1.807, 2.05) is 35.7 Å². The van der Waals surface area contributed by atoms with Gasteiger partial charge in [-0.25, -0.2) is 0 Å². The predicted molar refractivity (Wildman–Crippen MR) is 89.2 cm³/mol. The summed E-state index contributed by atoms with van der Waals surface area (Å²) in [6.07, 6.45) is 0.375.